The number of hydrogen-bond donors (Lipinski definition) is 1. The predicted molar refractivity (Wildman–Crippen MR) is 150 cm³/mol. The molecule has 0 spiro atoms. The van der Waals surface area contributed by atoms with Gasteiger partial charge in [-0.05, 0) is 60.2 Å². The number of hydrogen-bond acceptors (Lipinski definition) is 7. The van der Waals surface area contributed by atoms with Gasteiger partial charge in [-0.3, -0.25) is 9.89 Å². The molecule has 5 rings (SSSR count). The zero-order valence-corrected chi connectivity index (χ0v) is 22.7. The summed E-state index contributed by atoms with van der Waals surface area (Å²) in [4.78, 5) is 10.8. The fraction of sp³-hybridized carbons (Fsp3) is 0.333. The predicted octanol–water partition coefficient (Wildman–Crippen LogP) is 5.11. The Morgan fingerprint density at radius 2 is 1.97 bits per heavy atom. The van der Waals surface area contributed by atoms with E-state index in [0.717, 1.165) is 23.1 Å². The van der Waals surface area contributed by atoms with Gasteiger partial charge in [0.25, 0.3) is 0 Å². The molecule has 1 aliphatic carbocycles. The number of aliphatic imine (C=N–C) groups is 2. The summed E-state index contributed by atoms with van der Waals surface area (Å²) in [5.41, 5.74) is 8.05. The van der Waals surface area contributed by atoms with Crippen LogP contribution in [0.25, 0.3) is 5.57 Å². The van der Waals surface area contributed by atoms with Crippen LogP contribution in [0.2, 0.25) is 5.02 Å². The highest BCUT2D eigenvalue weighted by molar-refractivity contribution is 7.87. The van der Waals surface area contributed by atoms with Crippen molar-refractivity contribution in [2.45, 2.75) is 36.6 Å². The van der Waals surface area contributed by atoms with Crippen LogP contribution in [-0.4, -0.2) is 48.8 Å². The van der Waals surface area contributed by atoms with E-state index in [0.29, 0.717) is 42.7 Å². The van der Waals surface area contributed by atoms with Crippen molar-refractivity contribution in [3.8, 4) is 5.75 Å². The van der Waals surface area contributed by atoms with Crippen LogP contribution in [0.1, 0.15) is 37.3 Å². The number of allylic oxidation sites excluding steroid dienone is 3. The Morgan fingerprint density at radius 1 is 1.19 bits per heavy atom. The van der Waals surface area contributed by atoms with Gasteiger partial charge in [-0.25, -0.2) is 4.99 Å². The summed E-state index contributed by atoms with van der Waals surface area (Å²) in [5, 5.41) is 0.641. The highest BCUT2D eigenvalue weighted by Crippen LogP contribution is 2.53. The van der Waals surface area contributed by atoms with E-state index in [1.54, 1.807) is 31.2 Å². The molecule has 0 saturated carbocycles. The van der Waals surface area contributed by atoms with Gasteiger partial charge in [0, 0.05) is 18.1 Å². The lowest BCUT2D eigenvalue weighted by atomic mass is 9.71. The van der Waals surface area contributed by atoms with Crippen LogP contribution < -0.4 is 9.92 Å². The number of fused-ring (bicyclic) bond motifs is 1. The zero-order chi connectivity index (χ0) is 26.3. The van der Waals surface area contributed by atoms with Gasteiger partial charge in [0.05, 0.1) is 5.75 Å². The van der Waals surface area contributed by atoms with E-state index in [-0.39, 0.29) is 11.5 Å². The number of nitrogens with zero attached hydrogens (tertiary/aromatic N) is 3. The minimum Gasteiger partial charge on any atom is -0.382 e. The molecule has 10 heteroatoms. The molecular formula is C27H28Cl2N4O3S. The smallest absolute Gasteiger partial charge is 0.309 e. The summed E-state index contributed by atoms with van der Waals surface area (Å²) in [5.74, 6) is 1.22. The number of rotatable bonds is 7. The van der Waals surface area contributed by atoms with Crippen LogP contribution in [0.5, 0.6) is 5.75 Å². The van der Waals surface area contributed by atoms with Crippen LogP contribution in [0.15, 0.2) is 76.7 Å². The van der Waals surface area contributed by atoms with Gasteiger partial charge in [-0.15, -0.1) is 11.6 Å². The van der Waals surface area contributed by atoms with Gasteiger partial charge in [-0.2, -0.15) is 8.42 Å². The average Bonchev–Trinajstić information content (AvgIpc) is 3.18. The molecule has 0 fully saturated rings. The summed E-state index contributed by atoms with van der Waals surface area (Å²) >= 11 is 13.9. The Bertz CT molecular complexity index is 1440. The van der Waals surface area contributed by atoms with E-state index in [1.807, 2.05) is 47.4 Å². The third-order valence-electron chi connectivity index (χ3n) is 6.79. The SMILES string of the molecule is CCCS(=O)(=O)Oc1ccc(C2(C3(Cl)C=CC=C(c4cccc(Cl)c4)C3)N=C(N)N3CCCN=C32)cc1. The van der Waals surface area contributed by atoms with E-state index >= 15 is 0 Å². The standard InChI is InChI=1S/C27H28Cl2N4O3S/c1-2-16-37(34,35)36-23-11-9-21(10-12-23)27(24-31-14-5-15-33(24)25(30)32-27)26(29)13-4-7-20(18-26)19-6-3-8-22(28)17-19/h3-4,6-13,17H,2,5,14-16,18H2,1H3,(H2,30,32). The second kappa shape index (κ2) is 9.82. The maximum Gasteiger partial charge on any atom is 0.309 e. The molecule has 7 nitrogen and oxygen atoms in total. The van der Waals surface area contributed by atoms with Gasteiger partial charge < -0.3 is 9.92 Å². The lowest BCUT2D eigenvalue weighted by Crippen LogP contribution is -2.55. The molecule has 2 N–H and O–H groups in total. The second-order valence-corrected chi connectivity index (χ2v) is 12.2. The maximum absolute atomic E-state index is 12.2. The van der Waals surface area contributed by atoms with Crippen molar-refractivity contribution in [2.75, 3.05) is 18.8 Å². The molecule has 2 atom stereocenters. The van der Waals surface area contributed by atoms with E-state index in [1.165, 1.54) is 0 Å². The summed E-state index contributed by atoms with van der Waals surface area (Å²) < 4.78 is 29.7. The third kappa shape index (κ3) is 4.67. The van der Waals surface area contributed by atoms with Crippen molar-refractivity contribution in [3.63, 3.8) is 0 Å². The summed E-state index contributed by atoms with van der Waals surface area (Å²) in [6.45, 7) is 3.12. The maximum atomic E-state index is 12.2. The summed E-state index contributed by atoms with van der Waals surface area (Å²) in [6, 6.07) is 14.5. The normalized spacial score (nSPS) is 25.3. The second-order valence-electron chi connectivity index (χ2n) is 9.36. The molecule has 2 heterocycles. The van der Waals surface area contributed by atoms with Crippen molar-refractivity contribution in [3.05, 3.63) is 82.9 Å². The van der Waals surface area contributed by atoms with Crippen molar-refractivity contribution < 1.29 is 12.6 Å². The lowest BCUT2D eigenvalue weighted by Gasteiger charge is -2.44. The van der Waals surface area contributed by atoms with Crippen LogP contribution >= 0.6 is 23.2 Å². The van der Waals surface area contributed by atoms with Crippen LogP contribution in [-0.2, 0) is 15.7 Å². The highest BCUT2D eigenvalue weighted by Gasteiger charge is 2.60. The number of alkyl halides is 1. The molecule has 194 valence electrons. The van der Waals surface area contributed by atoms with Crippen molar-refractivity contribution in [2.24, 2.45) is 15.7 Å². The Kier molecular flexibility index (Phi) is 6.85. The average molecular weight is 560 g/mol. The first-order chi connectivity index (χ1) is 17.7. The molecule has 3 aliphatic rings. The van der Waals surface area contributed by atoms with E-state index in [4.69, 9.17) is 43.1 Å². The minimum absolute atomic E-state index is 0.0561. The molecule has 2 aliphatic heterocycles. The molecule has 0 bridgehead atoms. The zero-order valence-electron chi connectivity index (χ0n) is 20.4. The van der Waals surface area contributed by atoms with E-state index in [9.17, 15) is 8.42 Å². The monoisotopic (exact) mass is 558 g/mol. The molecular weight excluding hydrogens is 531 g/mol. The minimum atomic E-state index is -3.67. The van der Waals surface area contributed by atoms with E-state index < -0.39 is 20.5 Å². The van der Waals surface area contributed by atoms with Gasteiger partial charge >= 0.3 is 10.1 Å². The fourth-order valence-corrected chi connectivity index (χ4v) is 6.80. The Balaban J connectivity index is 1.60. The highest BCUT2D eigenvalue weighted by atomic mass is 35.5. The Morgan fingerprint density at radius 3 is 2.70 bits per heavy atom. The molecule has 2 aromatic carbocycles. The number of guanidine groups is 1. The quantitative estimate of drug-likeness (QED) is 0.376. The Labute approximate surface area is 227 Å². The molecule has 0 saturated heterocycles. The molecule has 2 unspecified atom stereocenters. The lowest BCUT2D eigenvalue weighted by molar-refractivity contribution is 0.447. The largest absolute Gasteiger partial charge is 0.382 e. The topological polar surface area (TPSA) is 97.3 Å². The molecule has 0 aromatic heterocycles. The summed E-state index contributed by atoms with van der Waals surface area (Å²) in [7, 11) is -3.67. The molecule has 0 amide bonds. The van der Waals surface area contributed by atoms with E-state index in [2.05, 4.69) is 0 Å². The molecule has 37 heavy (non-hydrogen) atoms. The molecule has 0 radical (unpaired) electrons. The van der Waals surface area contributed by atoms with Gasteiger partial charge in [-0.1, -0.05) is 61.0 Å². The van der Waals surface area contributed by atoms with Gasteiger partial charge in [0.1, 0.15) is 16.5 Å². The Hall–Kier alpha value is -2.81. The summed E-state index contributed by atoms with van der Waals surface area (Å²) in [6.07, 6.45) is 7.67. The number of nitrogens with two attached hydrogens (primary N) is 1. The van der Waals surface area contributed by atoms with Gasteiger partial charge in [0.15, 0.2) is 11.5 Å². The molecule has 2 aromatic rings. The van der Waals surface area contributed by atoms with Crippen molar-refractivity contribution in [1.82, 2.24) is 4.90 Å². The first-order valence-corrected chi connectivity index (χ1v) is 14.5. The van der Waals surface area contributed by atoms with Crippen molar-refractivity contribution in [1.29, 1.82) is 0 Å². The fourth-order valence-electron chi connectivity index (χ4n) is 5.17. The van der Waals surface area contributed by atoms with Crippen molar-refractivity contribution >= 4 is 50.7 Å². The first-order valence-electron chi connectivity index (χ1n) is 12.2. The third-order valence-corrected chi connectivity index (χ3v) is 8.91. The van der Waals surface area contributed by atoms with Gasteiger partial charge in [0.2, 0.25) is 0 Å². The van der Waals surface area contributed by atoms with Crippen LogP contribution in [0.3, 0.4) is 0 Å². The van der Waals surface area contributed by atoms with Crippen LogP contribution in [0.4, 0.5) is 0 Å². The number of benzene rings is 2. The first kappa shape index (κ1) is 25.8. The number of halogens is 2. The van der Waals surface area contributed by atoms with Crippen LogP contribution in [0, 0.1) is 0 Å². The number of amidine groups is 1.